The second kappa shape index (κ2) is 6.25. The zero-order chi connectivity index (χ0) is 15.4. The zero-order valence-electron chi connectivity index (χ0n) is 11.8. The number of benzene rings is 1. The van der Waals surface area contributed by atoms with E-state index in [9.17, 15) is 14.4 Å². The number of carbonyl (C=O) groups excluding carboxylic acids is 3. The topological polar surface area (TPSA) is 93.7 Å². The second-order valence-electron chi connectivity index (χ2n) is 4.62. The molecule has 0 spiro atoms. The molecule has 0 radical (unpaired) electrons. The van der Waals surface area contributed by atoms with Crippen LogP contribution in [0.1, 0.15) is 33.6 Å². The molecule has 1 aliphatic rings. The summed E-state index contributed by atoms with van der Waals surface area (Å²) in [5.74, 6) is -1.16. The molecule has 1 aromatic rings. The van der Waals surface area contributed by atoms with Crippen molar-refractivity contribution < 1.29 is 23.9 Å². The smallest absolute Gasteiger partial charge is 0.339 e. The van der Waals surface area contributed by atoms with Crippen molar-refractivity contribution in [3.05, 3.63) is 29.3 Å². The minimum Gasteiger partial charge on any atom is -0.465 e. The molecule has 2 rings (SSSR count). The molecule has 2 amide bonds. The molecular formula is C14H16N2O5. The molecule has 2 N–H and O–H groups in total. The highest BCUT2D eigenvalue weighted by Crippen LogP contribution is 2.21. The van der Waals surface area contributed by atoms with E-state index in [-0.39, 0.29) is 22.9 Å². The van der Waals surface area contributed by atoms with Gasteiger partial charge in [0.15, 0.2) is 0 Å². The van der Waals surface area contributed by atoms with Gasteiger partial charge in [-0.1, -0.05) is 0 Å². The van der Waals surface area contributed by atoms with Crippen LogP contribution in [-0.4, -0.2) is 38.2 Å². The molecule has 0 aromatic heterocycles. The van der Waals surface area contributed by atoms with Gasteiger partial charge in [-0.2, -0.15) is 0 Å². The number of hydrogen-bond donors (Lipinski definition) is 2. The van der Waals surface area contributed by atoms with Crippen LogP contribution in [0.3, 0.4) is 0 Å². The van der Waals surface area contributed by atoms with Crippen molar-refractivity contribution in [3.63, 3.8) is 0 Å². The molecule has 7 nitrogen and oxygen atoms in total. The fraction of sp³-hybridized carbons (Fsp3) is 0.357. The van der Waals surface area contributed by atoms with Crippen LogP contribution >= 0.6 is 0 Å². The number of anilines is 1. The Kier molecular flexibility index (Phi) is 4.42. The van der Waals surface area contributed by atoms with Crippen molar-refractivity contribution in [2.45, 2.75) is 18.9 Å². The van der Waals surface area contributed by atoms with E-state index in [1.807, 2.05) is 0 Å². The summed E-state index contributed by atoms with van der Waals surface area (Å²) >= 11 is 0. The van der Waals surface area contributed by atoms with E-state index >= 15 is 0 Å². The maximum absolute atomic E-state index is 11.8. The van der Waals surface area contributed by atoms with Gasteiger partial charge in [0.1, 0.15) is 0 Å². The van der Waals surface area contributed by atoms with Gasteiger partial charge in [0, 0.05) is 6.04 Å². The first-order chi connectivity index (χ1) is 10.0. The van der Waals surface area contributed by atoms with Crippen molar-refractivity contribution in [2.24, 2.45) is 0 Å². The van der Waals surface area contributed by atoms with Crippen LogP contribution in [0.5, 0.6) is 0 Å². The Morgan fingerprint density at radius 1 is 1.10 bits per heavy atom. The minimum atomic E-state index is -0.604. The van der Waals surface area contributed by atoms with Gasteiger partial charge in [-0.25, -0.2) is 14.4 Å². The third kappa shape index (κ3) is 3.71. The average Bonchev–Trinajstić information content (AvgIpc) is 3.29. The minimum absolute atomic E-state index is 0.163. The normalized spacial score (nSPS) is 13.2. The Balaban J connectivity index is 2.25. The van der Waals surface area contributed by atoms with Crippen molar-refractivity contribution in [1.82, 2.24) is 5.32 Å². The molecule has 0 atom stereocenters. The molecule has 7 heteroatoms. The number of nitrogens with one attached hydrogen (secondary N) is 2. The van der Waals surface area contributed by atoms with Crippen molar-refractivity contribution >= 4 is 23.7 Å². The average molecular weight is 292 g/mol. The summed E-state index contributed by atoms with van der Waals surface area (Å²) in [4.78, 5) is 35.0. The highest BCUT2D eigenvalue weighted by Gasteiger charge is 2.24. The van der Waals surface area contributed by atoms with E-state index in [4.69, 9.17) is 0 Å². The van der Waals surface area contributed by atoms with E-state index in [0.29, 0.717) is 0 Å². The van der Waals surface area contributed by atoms with E-state index in [2.05, 4.69) is 20.1 Å². The lowest BCUT2D eigenvalue weighted by Crippen LogP contribution is -2.31. The van der Waals surface area contributed by atoms with Crippen molar-refractivity contribution in [3.8, 4) is 0 Å². The summed E-state index contributed by atoms with van der Waals surface area (Å²) in [5, 5.41) is 5.29. The highest BCUT2D eigenvalue weighted by atomic mass is 16.5. The fourth-order valence-electron chi connectivity index (χ4n) is 1.75. The van der Waals surface area contributed by atoms with Crippen LogP contribution in [0.2, 0.25) is 0 Å². The number of amides is 2. The lowest BCUT2D eigenvalue weighted by atomic mass is 10.1. The molecule has 1 saturated carbocycles. The molecule has 112 valence electrons. The number of ether oxygens (including phenoxy) is 2. The maximum Gasteiger partial charge on any atom is 0.339 e. The summed E-state index contributed by atoms with van der Waals surface area (Å²) in [6, 6.07) is 3.97. The molecule has 0 unspecified atom stereocenters. The Bertz CT molecular complexity index is 581. The largest absolute Gasteiger partial charge is 0.465 e. The molecule has 0 aliphatic heterocycles. The molecular weight excluding hydrogens is 276 g/mol. The molecule has 0 bridgehead atoms. The number of methoxy groups -OCH3 is 2. The number of carbonyl (C=O) groups is 3. The van der Waals surface area contributed by atoms with Gasteiger partial charge < -0.3 is 20.1 Å². The maximum atomic E-state index is 11.8. The van der Waals surface area contributed by atoms with Crippen molar-refractivity contribution in [1.29, 1.82) is 0 Å². The lowest BCUT2D eigenvalue weighted by Gasteiger charge is -2.12. The van der Waals surface area contributed by atoms with Crippen LogP contribution in [0, 0.1) is 0 Å². The summed E-state index contributed by atoms with van der Waals surface area (Å²) in [6.45, 7) is 0. The van der Waals surface area contributed by atoms with Gasteiger partial charge in [-0.3, -0.25) is 0 Å². The third-order valence-electron chi connectivity index (χ3n) is 3.01. The van der Waals surface area contributed by atoms with Gasteiger partial charge in [-0.05, 0) is 31.0 Å². The van der Waals surface area contributed by atoms with Gasteiger partial charge in [-0.15, -0.1) is 0 Å². The van der Waals surface area contributed by atoms with Crippen LogP contribution in [0.25, 0.3) is 0 Å². The van der Waals surface area contributed by atoms with E-state index in [1.165, 1.54) is 32.4 Å². The first-order valence-electron chi connectivity index (χ1n) is 6.43. The summed E-state index contributed by atoms with van der Waals surface area (Å²) in [5.41, 5.74) is 0.589. The first kappa shape index (κ1) is 14.8. The van der Waals surface area contributed by atoms with Crippen LogP contribution < -0.4 is 10.6 Å². The Morgan fingerprint density at radius 2 is 1.76 bits per heavy atom. The highest BCUT2D eigenvalue weighted by molar-refractivity contribution is 6.03. The predicted octanol–water partition coefficient (Wildman–Crippen LogP) is 1.54. The Labute approximate surface area is 121 Å². The molecule has 1 fully saturated rings. The first-order valence-corrected chi connectivity index (χ1v) is 6.43. The van der Waals surface area contributed by atoms with Crippen LogP contribution in [-0.2, 0) is 9.47 Å². The summed E-state index contributed by atoms with van der Waals surface area (Å²) < 4.78 is 9.27. The monoisotopic (exact) mass is 292 g/mol. The van der Waals surface area contributed by atoms with Crippen LogP contribution in [0.4, 0.5) is 10.5 Å². The van der Waals surface area contributed by atoms with E-state index in [0.717, 1.165) is 12.8 Å². The van der Waals surface area contributed by atoms with Gasteiger partial charge >= 0.3 is 18.0 Å². The molecule has 0 heterocycles. The summed E-state index contributed by atoms with van der Waals surface area (Å²) in [7, 11) is 2.49. The van der Waals surface area contributed by atoms with Gasteiger partial charge in [0.05, 0.1) is 31.0 Å². The molecule has 1 aliphatic carbocycles. The number of hydrogen-bond acceptors (Lipinski definition) is 5. The molecule has 21 heavy (non-hydrogen) atoms. The van der Waals surface area contributed by atoms with E-state index < -0.39 is 18.0 Å². The number of rotatable bonds is 4. The van der Waals surface area contributed by atoms with E-state index in [1.54, 1.807) is 0 Å². The van der Waals surface area contributed by atoms with Crippen molar-refractivity contribution in [2.75, 3.05) is 19.5 Å². The standard InChI is InChI=1S/C14H16N2O5/c1-20-12(17)8-3-6-10(13(18)21-2)11(7-8)16-14(19)15-9-4-5-9/h3,6-7,9H,4-5H2,1-2H3,(H2,15,16,19). The fourth-order valence-corrected chi connectivity index (χ4v) is 1.75. The second-order valence-corrected chi connectivity index (χ2v) is 4.62. The van der Waals surface area contributed by atoms with Gasteiger partial charge in [0.25, 0.3) is 0 Å². The Hall–Kier alpha value is -2.57. The predicted molar refractivity (Wildman–Crippen MR) is 74.3 cm³/mol. The van der Waals surface area contributed by atoms with Gasteiger partial charge in [0.2, 0.25) is 0 Å². The Morgan fingerprint density at radius 3 is 2.33 bits per heavy atom. The molecule has 1 aromatic carbocycles. The van der Waals surface area contributed by atoms with Crippen LogP contribution in [0.15, 0.2) is 18.2 Å². The molecule has 0 saturated heterocycles. The zero-order valence-corrected chi connectivity index (χ0v) is 11.8. The number of urea groups is 1. The number of esters is 2. The third-order valence-corrected chi connectivity index (χ3v) is 3.01. The summed E-state index contributed by atoms with van der Waals surface area (Å²) in [6.07, 6.45) is 1.89. The SMILES string of the molecule is COC(=O)c1ccc(C(=O)OC)c(NC(=O)NC2CC2)c1. The quantitative estimate of drug-likeness (QED) is 0.821. The lowest BCUT2D eigenvalue weighted by molar-refractivity contribution is 0.0587.